The van der Waals surface area contributed by atoms with Crippen LogP contribution in [0, 0.1) is 5.82 Å². The second-order valence-electron chi connectivity index (χ2n) is 6.37. The van der Waals surface area contributed by atoms with E-state index in [1.807, 2.05) is 41.1 Å². The van der Waals surface area contributed by atoms with Gasteiger partial charge in [0.25, 0.3) is 0 Å². The number of nitrogens with zero attached hydrogens (tertiary/aromatic N) is 3. The summed E-state index contributed by atoms with van der Waals surface area (Å²) in [6.07, 6.45) is 2.15. The molecule has 0 bridgehead atoms. The molecular weight excluding hydrogens is 289 g/mol. The van der Waals surface area contributed by atoms with Crippen LogP contribution in [0.2, 0.25) is 0 Å². The zero-order valence-corrected chi connectivity index (χ0v) is 13.2. The molecule has 1 aliphatic rings. The summed E-state index contributed by atoms with van der Waals surface area (Å²) in [5.41, 5.74) is 3.03. The predicted octanol–water partition coefficient (Wildman–Crippen LogP) is 3.97. The molecule has 0 amide bonds. The van der Waals surface area contributed by atoms with Gasteiger partial charge in [0, 0.05) is 11.3 Å². The van der Waals surface area contributed by atoms with Crippen LogP contribution in [0.25, 0.3) is 16.6 Å². The molecule has 4 heteroatoms. The molecule has 4 rings (SSSR count). The quantitative estimate of drug-likeness (QED) is 0.714. The van der Waals surface area contributed by atoms with E-state index >= 15 is 0 Å². The maximum absolute atomic E-state index is 13.8. The van der Waals surface area contributed by atoms with Crippen LogP contribution in [-0.2, 0) is 0 Å². The van der Waals surface area contributed by atoms with Crippen LogP contribution in [0.4, 0.5) is 4.39 Å². The highest BCUT2D eigenvalue weighted by molar-refractivity contribution is 5.84. The van der Waals surface area contributed by atoms with Gasteiger partial charge >= 0.3 is 0 Å². The van der Waals surface area contributed by atoms with Crippen molar-refractivity contribution in [2.45, 2.75) is 18.8 Å². The Morgan fingerprint density at radius 2 is 1.78 bits per heavy atom. The fraction of sp³-hybridized carbons (Fsp3) is 0.316. The molecule has 0 saturated carbocycles. The minimum absolute atomic E-state index is 0.195. The summed E-state index contributed by atoms with van der Waals surface area (Å²) in [7, 11) is 2.15. The average molecular weight is 309 g/mol. The van der Waals surface area contributed by atoms with Crippen molar-refractivity contribution < 1.29 is 4.39 Å². The molecule has 0 spiro atoms. The van der Waals surface area contributed by atoms with Crippen molar-refractivity contribution in [1.29, 1.82) is 0 Å². The lowest BCUT2D eigenvalue weighted by Gasteiger charge is -2.28. The number of rotatable bonds is 2. The van der Waals surface area contributed by atoms with Gasteiger partial charge < -0.3 is 4.90 Å². The highest BCUT2D eigenvalue weighted by Gasteiger charge is 2.24. The van der Waals surface area contributed by atoms with Crippen molar-refractivity contribution in [3.05, 3.63) is 60.0 Å². The van der Waals surface area contributed by atoms with E-state index < -0.39 is 0 Å². The van der Waals surface area contributed by atoms with Crippen LogP contribution < -0.4 is 0 Å². The van der Waals surface area contributed by atoms with Crippen molar-refractivity contribution in [2.75, 3.05) is 20.1 Å². The topological polar surface area (TPSA) is 21.1 Å². The molecular formula is C19H20FN3. The molecule has 3 nitrogen and oxygen atoms in total. The SMILES string of the molecule is CN1CCC(c2nn(-c3ccccc3)c3ccc(F)cc23)CC1. The molecule has 1 saturated heterocycles. The fourth-order valence-corrected chi connectivity index (χ4v) is 3.46. The zero-order chi connectivity index (χ0) is 15.8. The van der Waals surface area contributed by atoms with Gasteiger partial charge in [-0.15, -0.1) is 0 Å². The van der Waals surface area contributed by atoms with Crippen molar-refractivity contribution >= 4 is 10.9 Å². The van der Waals surface area contributed by atoms with E-state index in [4.69, 9.17) is 5.10 Å². The monoisotopic (exact) mass is 309 g/mol. The number of fused-ring (bicyclic) bond motifs is 1. The minimum Gasteiger partial charge on any atom is -0.306 e. The van der Waals surface area contributed by atoms with Gasteiger partial charge in [-0.2, -0.15) is 5.10 Å². The second-order valence-corrected chi connectivity index (χ2v) is 6.37. The number of benzene rings is 2. The van der Waals surface area contributed by atoms with E-state index in [-0.39, 0.29) is 5.82 Å². The molecule has 2 heterocycles. The Kier molecular flexibility index (Phi) is 3.62. The number of aromatic nitrogens is 2. The van der Waals surface area contributed by atoms with Gasteiger partial charge in [-0.25, -0.2) is 9.07 Å². The Labute approximate surface area is 135 Å². The van der Waals surface area contributed by atoms with Gasteiger partial charge in [-0.3, -0.25) is 0 Å². The Morgan fingerprint density at radius 1 is 1.04 bits per heavy atom. The summed E-state index contributed by atoms with van der Waals surface area (Å²) < 4.78 is 15.8. The molecule has 0 atom stereocenters. The van der Waals surface area contributed by atoms with Crippen molar-refractivity contribution in [3.8, 4) is 5.69 Å². The first kappa shape index (κ1) is 14.4. The molecule has 1 aromatic heterocycles. The number of halogens is 1. The van der Waals surface area contributed by atoms with Crippen molar-refractivity contribution in [3.63, 3.8) is 0 Å². The fourth-order valence-electron chi connectivity index (χ4n) is 3.46. The third-order valence-electron chi connectivity index (χ3n) is 4.78. The van der Waals surface area contributed by atoms with Gasteiger partial charge in [0.05, 0.1) is 16.9 Å². The third kappa shape index (κ3) is 2.63. The first-order valence-electron chi connectivity index (χ1n) is 8.14. The molecule has 1 aliphatic heterocycles. The van der Waals surface area contributed by atoms with Crippen molar-refractivity contribution in [2.24, 2.45) is 0 Å². The minimum atomic E-state index is -0.195. The average Bonchev–Trinajstić information content (AvgIpc) is 2.95. The largest absolute Gasteiger partial charge is 0.306 e. The highest BCUT2D eigenvalue weighted by atomic mass is 19.1. The predicted molar refractivity (Wildman–Crippen MR) is 90.5 cm³/mol. The van der Waals surface area contributed by atoms with E-state index in [1.165, 1.54) is 6.07 Å². The Balaban J connectivity index is 1.86. The number of piperidine rings is 1. The highest BCUT2D eigenvalue weighted by Crippen LogP contribution is 2.33. The standard InChI is InChI=1S/C19H20FN3/c1-22-11-9-14(10-12-22)19-17-13-15(20)7-8-18(17)23(21-19)16-5-3-2-4-6-16/h2-8,13-14H,9-12H2,1H3. The van der Waals surface area contributed by atoms with E-state index in [0.717, 1.165) is 48.2 Å². The maximum atomic E-state index is 13.8. The normalized spacial score (nSPS) is 17.0. The Bertz CT molecular complexity index is 817. The summed E-state index contributed by atoms with van der Waals surface area (Å²) in [6.45, 7) is 2.14. The second kappa shape index (κ2) is 5.78. The van der Waals surface area contributed by atoms with Gasteiger partial charge in [-0.05, 0) is 63.3 Å². The lowest BCUT2D eigenvalue weighted by atomic mass is 9.92. The molecule has 0 unspecified atom stereocenters. The molecule has 23 heavy (non-hydrogen) atoms. The van der Waals surface area contributed by atoms with E-state index in [2.05, 4.69) is 11.9 Å². The summed E-state index contributed by atoms with van der Waals surface area (Å²) in [4.78, 5) is 2.34. The number of likely N-dealkylation sites (tertiary alicyclic amines) is 1. The van der Waals surface area contributed by atoms with Crippen LogP contribution in [0.15, 0.2) is 48.5 Å². The van der Waals surface area contributed by atoms with E-state index in [0.29, 0.717) is 5.92 Å². The zero-order valence-electron chi connectivity index (χ0n) is 13.2. The number of para-hydroxylation sites is 1. The van der Waals surface area contributed by atoms with Crippen molar-refractivity contribution in [1.82, 2.24) is 14.7 Å². The summed E-state index contributed by atoms with van der Waals surface area (Å²) >= 11 is 0. The van der Waals surface area contributed by atoms with Gasteiger partial charge in [0.1, 0.15) is 5.82 Å². The number of hydrogen-bond donors (Lipinski definition) is 0. The molecule has 1 fully saturated rings. The van der Waals surface area contributed by atoms with Crippen LogP contribution in [0.3, 0.4) is 0 Å². The van der Waals surface area contributed by atoms with E-state index in [9.17, 15) is 4.39 Å². The van der Waals surface area contributed by atoms with Crippen LogP contribution in [0.1, 0.15) is 24.5 Å². The van der Waals surface area contributed by atoms with Crippen LogP contribution in [0.5, 0.6) is 0 Å². The van der Waals surface area contributed by atoms with Gasteiger partial charge in [-0.1, -0.05) is 18.2 Å². The van der Waals surface area contributed by atoms with Crippen LogP contribution >= 0.6 is 0 Å². The summed E-state index contributed by atoms with van der Waals surface area (Å²) in [6, 6.07) is 15.1. The summed E-state index contributed by atoms with van der Waals surface area (Å²) in [5.74, 6) is 0.208. The lowest BCUT2D eigenvalue weighted by Crippen LogP contribution is -2.29. The molecule has 3 aromatic rings. The first-order valence-corrected chi connectivity index (χ1v) is 8.14. The van der Waals surface area contributed by atoms with E-state index in [1.54, 1.807) is 6.07 Å². The summed E-state index contributed by atoms with van der Waals surface area (Å²) in [5, 5.41) is 5.83. The van der Waals surface area contributed by atoms with Gasteiger partial charge in [0.15, 0.2) is 0 Å². The van der Waals surface area contributed by atoms with Crippen LogP contribution in [-0.4, -0.2) is 34.8 Å². The number of hydrogen-bond acceptors (Lipinski definition) is 2. The third-order valence-corrected chi connectivity index (χ3v) is 4.78. The molecule has 118 valence electrons. The molecule has 2 aromatic carbocycles. The molecule has 0 radical (unpaired) electrons. The Hall–Kier alpha value is -2.20. The molecule has 0 aliphatic carbocycles. The lowest BCUT2D eigenvalue weighted by molar-refractivity contribution is 0.253. The maximum Gasteiger partial charge on any atom is 0.124 e. The first-order chi connectivity index (χ1) is 11.2. The Morgan fingerprint density at radius 3 is 2.52 bits per heavy atom. The smallest absolute Gasteiger partial charge is 0.124 e. The molecule has 0 N–H and O–H groups in total. The van der Waals surface area contributed by atoms with Gasteiger partial charge in [0.2, 0.25) is 0 Å².